The molecule has 2 atom stereocenters. The molecule has 0 heterocycles. The number of unbranched alkanes of at least 4 members (excludes halogenated alkanes) is 23. The molecule has 10 heteroatoms. The van der Waals surface area contributed by atoms with Crippen LogP contribution >= 0.6 is 7.82 Å². The van der Waals surface area contributed by atoms with Gasteiger partial charge in [-0.3, -0.25) is 14.2 Å². The second-order valence-corrected chi connectivity index (χ2v) is 17.1. The molecule has 0 bridgehead atoms. The zero-order valence-electron chi connectivity index (χ0n) is 34.5. The summed E-state index contributed by atoms with van der Waals surface area (Å²) in [6, 6.07) is 0. The van der Waals surface area contributed by atoms with Gasteiger partial charge in [-0.1, -0.05) is 167 Å². The Kier molecular flexibility index (Phi) is 34.6. The summed E-state index contributed by atoms with van der Waals surface area (Å²) in [6.45, 7) is 4.20. The van der Waals surface area contributed by atoms with E-state index >= 15 is 0 Å². The molecular weight excluding hydrogens is 677 g/mol. The summed E-state index contributed by atoms with van der Waals surface area (Å²) in [6.07, 6.45) is 35.3. The fourth-order valence-electron chi connectivity index (χ4n) is 5.91. The molecule has 9 nitrogen and oxygen atoms in total. The van der Waals surface area contributed by atoms with Crippen LogP contribution in [0.2, 0.25) is 0 Å². The Morgan fingerprint density at radius 3 is 1.50 bits per heavy atom. The number of phosphoric ester groups is 1. The lowest BCUT2D eigenvalue weighted by molar-refractivity contribution is -0.870. The van der Waals surface area contributed by atoms with E-state index in [1.165, 1.54) is 128 Å². The lowest BCUT2D eigenvalue weighted by Gasteiger charge is -2.28. The highest BCUT2D eigenvalue weighted by atomic mass is 31.2. The maximum absolute atomic E-state index is 12.6. The van der Waals surface area contributed by atoms with Gasteiger partial charge >= 0.3 is 11.9 Å². The van der Waals surface area contributed by atoms with Crippen LogP contribution < -0.4 is 4.89 Å². The summed E-state index contributed by atoms with van der Waals surface area (Å²) in [4.78, 5) is 37.4. The van der Waals surface area contributed by atoms with Gasteiger partial charge in [-0.25, -0.2) is 0 Å². The third-order valence-corrected chi connectivity index (χ3v) is 10.3. The van der Waals surface area contributed by atoms with Crippen LogP contribution in [-0.4, -0.2) is 70.0 Å². The molecule has 1 unspecified atom stereocenters. The predicted molar refractivity (Wildman–Crippen MR) is 213 cm³/mol. The Hall–Kier alpha value is -1.25. The third kappa shape index (κ3) is 38.5. The highest BCUT2D eigenvalue weighted by Gasteiger charge is 2.21. The number of hydrogen-bond donors (Lipinski definition) is 0. The van der Waals surface area contributed by atoms with Gasteiger partial charge in [0, 0.05) is 12.8 Å². The predicted octanol–water partition coefficient (Wildman–Crippen LogP) is 11.2. The van der Waals surface area contributed by atoms with Crippen LogP contribution in [0.15, 0.2) is 12.2 Å². The molecule has 0 rings (SSSR count). The molecule has 0 amide bonds. The molecule has 0 aromatic heterocycles. The van der Waals surface area contributed by atoms with Gasteiger partial charge in [0.1, 0.15) is 19.8 Å². The van der Waals surface area contributed by atoms with Gasteiger partial charge in [0.2, 0.25) is 0 Å². The van der Waals surface area contributed by atoms with Gasteiger partial charge in [0.25, 0.3) is 7.82 Å². The van der Waals surface area contributed by atoms with E-state index in [0.29, 0.717) is 23.9 Å². The molecule has 0 aliphatic rings. The van der Waals surface area contributed by atoms with Crippen molar-refractivity contribution in [2.24, 2.45) is 0 Å². The van der Waals surface area contributed by atoms with Gasteiger partial charge in [-0.05, 0) is 25.7 Å². The van der Waals surface area contributed by atoms with Gasteiger partial charge < -0.3 is 27.9 Å². The van der Waals surface area contributed by atoms with E-state index in [-0.39, 0.29) is 26.1 Å². The molecule has 0 aromatic carbocycles. The first kappa shape index (κ1) is 50.8. The van der Waals surface area contributed by atoms with E-state index in [1.807, 2.05) is 27.2 Å². The number of quaternary nitrogens is 1. The maximum Gasteiger partial charge on any atom is 0.306 e. The van der Waals surface area contributed by atoms with E-state index < -0.39 is 32.5 Å². The van der Waals surface area contributed by atoms with Crippen molar-refractivity contribution >= 4 is 19.8 Å². The number of esters is 2. The minimum absolute atomic E-state index is 0.0322. The van der Waals surface area contributed by atoms with Crippen LogP contribution in [0.3, 0.4) is 0 Å². The smallest absolute Gasteiger partial charge is 0.306 e. The van der Waals surface area contributed by atoms with Crippen LogP contribution in [0.25, 0.3) is 0 Å². The van der Waals surface area contributed by atoms with Gasteiger partial charge in [-0.2, -0.15) is 0 Å². The molecule has 0 saturated carbocycles. The summed E-state index contributed by atoms with van der Waals surface area (Å²) in [5, 5.41) is 0. The van der Waals surface area contributed by atoms with Crippen molar-refractivity contribution in [3.8, 4) is 0 Å². The van der Waals surface area contributed by atoms with E-state index in [9.17, 15) is 19.0 Å². The van der Waals surface area contributed by atoms with E-state index in [2.05, 4.69) is 19.9 Å². The first-order valence-electron chi connectivity index (χ1n) is 21.4. The molecule has 0 aliphatic heterocycles. The molecule has 0 aromatic rings. The Morgan fingerprint density at radius 2 is 1.02 bits per heavy atom. The van der Waals surface area contributed by atoms with Crippen molar-refractivity contribution in [2.45, 2.75) is 200 Å². The topological polar surface area (TPSA) is 111 Å². The number of hydrogen-bond acceptors (Lipinski definition) is 8. The number of likely N-dealkylation sites (N-methyl/N-ethyl adjacent to an activating group) is 1. The summed E-state index contributed by atoms with van der Waals surface area (Å²) in [5.41, 5.74) is 0. The summed E-state index contributed by atoms with van der Waals surface area (Å²) < 4.78 is 33.8. The van der Waals surface area contributed by atoms with Crippen molar-refractivity contribution in [1.82, 2.24) is 0 Å². The zero-order chi connectivity index (χ0) is 38.6. The SMILES string of the molecule is CCCCCCCCCCCCC/C=C/CCC(=O)OC[C@H](COP(=O)([O-])OCC[N+](C)(C)C)OC(=O)CCCCCCCCCCCCCCC. The molecule has 0 aliphatic carbocycles. The Balaban J connectivity index is 4.39. The van der Waals surface area contributed by atoms with Crippen LogP contribution in [0, 0.1) is 0 Å². The maximum atomic E-state index is 12.6. The lowest BCUT2D eigenvalue weighted by Crippen LogP contribution is -2.37. The minimum Gasteiger partial charge on any atom is -0.756 e. The average Bonchev–Trinajstić information content (AvgIpc) is 3.09. The second-order valence-electron chi connectivity index (χ2n) is 15.7. The van der Waals surface area contributed by atoms with Crippen LogP contribution in [0.1, 0.15) is 194 Å². The fraction of sp³-hybridized carbons (Fsp3) is 0.905. The molecule has 0 radical (unpaired) electrons. The van der Waals surface area contributed by atoms with E-state index in [4.69, 9.17) is 18.5 Å². The summed E-state index contributed by atoms with van der Waals surface area (Å²) in [7, 11) is 1.16. The summed E-state index contributed by atoms with van der Waals surface area (Å²) in [5.74, 6) is -0.883. The molecule has 308 valence electrons. The first-order valence-corrected chi connectivity index (χ1v) is 22.9. The lowest BCUT2D eigenvalue weighted by atomic mass is 10.0. The van der Waals surface area contributed by atoms with Crippen LogP contribution in [-0.2, 0) is 32.7 Å². The number of carbonyl (C=O) groups excluding carboxylic acids is 2. The highest BCUT2D eigenvalue weighted by Crippen LogP contribution is 2.38. The normalized spacial score (nSPS) is 13.7. The fourth-order valence-corrected chi connectivity index (χ4v) is 6.64. The monoisotopic (exact) mass is 760 g/mol. The second kappa shape index (κ2) is 35.5. The molecule has 0 N–H and O–H groups in total. The average molecular weight is 760 g/mol. The number of rotatable bonds is 39. The molecule has 0 spiro atoms. The summed E-state index contributed by atoms with van der Waals surface area (Å²) >= 11 is 0. The number of ether oxygens (including phenoxy) is 2. The molecule has 0 saturated heterocycles. The van der Waals surface area contributed by atoms with Crippen molar-refractivity contribution in [1.29, 1.82) is 0 Å². The molecule has 52 heavy (non-hydrogen) atoms. The largest absolute Gasteiger partial charge is 0.756 e. The van der Waals surface area contributed by atoms with Crippen LogP contribution in [0.5, 0.6) is 0 Å². The van der Waals surface area contributed by atoms with Crippen molar-refractivity contribution in [2.75, 3.05) is 47.5 Å². The quantitative estimate of drug-likeness (QED) is 0.0200. The molecular formula is C42H82NO8P. The number of carbonyl (C=O) groups is 2. The number of allylic oxidation sites excluding steroid dienone is 2. The standard InChI is InChI=1S/C42H82NO8P/c1-6-8-10-12-14-16-18-20-21-23-24-26-28-30-32-34-41(44)48-38-40(39-50-52(46,47)49-37-36-43(3,4)5)51-42(45)35-33-31-29-27-25-22-19-17-15-13-11-9-7-2/h28,30,40H,6-27,29,31-39H2,1-5H3/b30-28+/t40-/m1/s1. The molecule has 0 fully saturated rings. The Morgan fingerprint density at radius 1 is 0.577 bits per heavy atom. The van der Waals surface area contributed by atoms with E-state index in [1.54, 1.807) is 0 Å². The Labute approximate surface area is 320 Å². The number of phosphoric acid groups is 1. The third-order valence-electron chi connectivity index (χ3n) is 9.30. The minimum atomic E-state index is -4.62. The van der Waals surface area contributed by atoms with Gasteiger partial charge in [0.15, 0.2) is 6.10 Å². The van der Waals surface area contributed by atoms with Crippen LogP contribution in [0.4, 0.5) is 0 Å². The van der Waals surface area contributed by atoms with E-state index in [0.717, 1.165) is 25.7 Å². The zero-order valence-corrected chi connectivity index (χ0v) is 35.4. The van der Waals surface area contributed by atoms with Crippen molar-refractivity contribution in [3.63, 3.8) is 0 Å². The van der Waals surface area contributed by atoms with Gasteiger partial charge in [-0.15, -0.1) is 0 Å². The van der Waals surface area contributed by atoms with Crippen molar-refractivity contribution < 1.29 is 42.1 Å². The highest BCUT2D eigenvalue weighted by molar-refractivity contribution is 7.45. The number of nitrogens with zero attached hydrogens (tertiary/aromatic N) is 1. The van der Waals surface area contributed by atoms with Crippen molar-refractivity contribution in [3.05, 3.63) is 12.2 Å². The van der Waals surface area contributed by atoms with Gasteiger partial charge in [0.05, 0.1) is 27.7 Å². The Bertz CT molecular complexity index is 907. The first-order chi connectivity index (χ1) is 25.0.